The fourth-order valence-corrected chi connectivity index (χ4v) is 3.65. The quantitative estimate of drug-likeness (QED) is 0.794. The fraction of sp³-hybridized carbons (Fsp3) is 0.600. The van der Waals surface area contributed by atoms with E-state index in [1.165, 1.54) is 29.7 Å². The molecule has 0 radical (unpaired) electrons. The van der Waals surface area contributed by atoms with Gasteiger partial charge in [-0.05, 0) is 44.2 Å². The Morgan fingerprint density at radius 3 is 2.95 bits per heavy atom. The fourth-order valence-electron chi connectivity index (χ4n) is 2.42. The van der Waals surface area contributed by atoms with E-state index >= 15 is 0 Å². The van der Waals surface area contributed by atoms with Crippen molar-refractivity contribution in [2.45, 2.75) is 51.5 Å². The summed E-state index contributed by atoms with van der Waals surface area (Å²) < 4.78 is 0. The molecule has 0 aromatic carbocycles. The zero-order valence-corrected chi connectivity index (χ0v) is 12.4. The Hall–Kier alpha value is -1.34. The SMILES string of the molecule is CC(CC#N)N(C)C(=O)c1cc2c(s1)CCCCC2. The molecule has 1 amide bonds. The van der Waals surface area contributed by atoms with E-state index < -0.39 is 0 Å². The Morgan fingerprint density at radius 1 is 1.47 bits per heavy atom. The number of thiophene rings is 1. The summed E-state index contributed by atoms with van der Waals surface area (Å²) in [5.74, 6) is 0.0563. The highest BCUT2D eigenvalue weighted by Gasteiger charge is 2.21. The highest BCUT2D eigenvalue weighted by molar-refractivity contribution is 7.14. The van der Waals surface area contributed by atoms with Gasteiger partial charge < -0.3 is 4.90 Å². The van der Waals surface area contributed by atoms with Crippen LogP contribution in [0.5, 0.6) is 0 Å². The molecule has 1 atom stereocenters. The molecule has 0 N–H and O–H groups in total. The van der Waals surface area contributed by atoms with Gasteiger partial charge in [-0.1, -0.05) is 6.42 Å². The van der Waals surface area contributed by atoms with Gasteiger partial charge in [-0.3, -0.25) is 4.79 Å². The van der Waals surface area contributed by atoms with Crippen molar-refractivity contribution in [1.82, 2.24) is 4.90 Å². The molecule has 19 heavy (non-hydrogen) atoms. The standard InChI is InChI=1S/C15H20N2OS/c1-11(8-9-16)17(2)15(18)14-10-12-6-4-3-5-7-13(12)19-14/h10-11H,3-8H2,1-2H3. The van der Waals surface area contributed by atoms with Gasteiger partial charge in [0.25, 0.3) is 5.91 Å². The van der Waals surface area contributed by atoms with Crippen LogP contribution in [0.3, 0.4) is 0 Å². The van der Waals surface area contributed by atoms with Gasteiger partial charge in [-0.2, -0.15) is 5.26 Å². The molecule has 0 saturated carbocycles. The van der Waals surface area contributed by atoms with E-state index in [0.717, 1.165) is 17.7 Å². The van der Waals surface area contributed by atoms with Crippen molar-refractivity contribution < 1.29 is 4.79 Å². The second kappa shape index (κ2) is 6.21. The number of hydrogen-bond donors (Lipinski definition) is 0. The average Bonchev–Trinajstić information content (AvgIpc) is 2.68. The van der Waals surface area contributed by atoms with E-state index in [9.17, 15) is 4.79 Å². The summed E-state index contributed by atoms with van der Waals surface area (Å²) in [7, 11) is 1.79. The lowest BCUT2D eigenvalue weighted by Crippen LogP contribution is -2.34. The molecule has 1 unspecified atom stereocenters. The van der Waals surface area contributed by atoms with Crippen molar-refractivity contribution in [2.75, 3.05) is 7.05 Å². The Labute approximate surface area is 118 Å². The maximum absolute atomic E-state index is 12.4. The molecule has 0 fully saturated rings. The lowest BCUT2D eigenvalue weighted by atomic mass is 10.1. The van der Waals surface area contributed by atoms with Gasteiger partial charge in [0.1, 0.15) is 0 Å². The Morgan fingerprint density at radius 2 is 2.21 bits per heavy atom. The van der Waals surface area contributed by atoms with E-state index in [-0.39, 0.29) is 11.9 Å². The van der Waals surface area contributed by atoms with Crippen LogP contribution in [-0.4, -0.2) is 23.9 Å². The van der Waals surface area contributed by atoms with E-state index in [4.69, 9.17) is 5.26 Å². The summed E-state index contributed by atoms with van der Waals surface area (Å²) in [5, 5.41) is 8.72. The molecule has 1 aliphatic carbocycles. The number of rotatable bonds is 3. The summed E-state index contributed by atoms with van der Waals surface area (Å²) in [4.78, 5) is 16.3. The maximum atomic E-state index is 12.4. The van der Waals surface area contributed by atoms with E-state index in [0.29, 0.717) is 6.42 Å². The third kappa shape index (κ3) is 3.16. The molecule has 0 aliphatic heterocycles. The lowest BCUT2D eigenvalue weighted by Gasteiger charge is -2.22. The molecule has 1 aromatic heterocycles. The van der Waals surface area contributed by atoms with Crippen LogP contribution in [0.2, 0.25) is 0 Å². The van der Waals surface area contributed by atoms with Crippen molar-refractivity contribution in [3.8, 4) is 6.07 Å². The van der Waals surface area contributed by atoms with E-state index in [1.54, 1.807) is 23.3 Å². The highest BCUT2D eigenvalue weighted by atomic mass is 32.1. The average molecular weight is 276 g/mol. The molecule has 102 valence electrons. The molecule has 4 heteroatoms. The second-order valence-electron chi connectivity index (χ2n) is 5.25. The number of amides is 1. The number of nitrogens with zero attached hydrogens (tertiary/aromatic N) is 2. The zero-order valence-electron chi connectivity index (χ0n) is 11.6. The number of fused-ring (bicyclic) bond motifs is 1. The number of carbonyl (C=O) groups is 1. The first-order valence-corrected chi connectivity index (χ1v) is 7.71. The first-order chi connectivity index (χ1) is 9.13. The predicted molar refractivity (Wildman–Crippen MR) is 77.4 cm³/mol. The summed E-state index contributed by atoms with van der Waals surface area (Å²) in [6.45, 7) is 1.92. The third-order valence-corrected chi connectivity index (χ3v) is 5.05. The van der Waals surface area contributed by atoms with Gasteiger partial charge in [0.05, 0.1) is 17.4 Å². The molecule has 0 spiro atoms. The summed E-state index contributed by atoms with van der Waals surface area (Å²) in [5.41, 5.74) is 1.37. The Bertz CT molecular complexity index is 477. The summed E-state index contributed by atoms with van der Waals surface area (Å²) in [6.07, 6.45) is 6.37. The van der Waals surface area contributed by atoms with Crippen molar-refractivity contribution in [2.24, 2.45) is 0 Å². The number of hydrogen-bond acceptors (Lipinski definition) is 3. The lowest BCUT2D eigenvalue weighted by molar-refractivity contribution is 0.0751. The van der Waals surface area contributed by atoms with Crippen LogP contribution in [0.25, 0.3) is 0 Å². The molecule has 2 rings (SSSR count). The molecule has 1 aliphatic rings. The Balaban J connectivity index is 2.14. The molecule has 3 nitrogen and oxygen atoms in total. The van der Waals surface area contributed by atoms with Crippen molar-refractivity contribution in [1.29, 1.82) is 5.26 Å². The number of carbonyl (C=O) groups excluding carboxylic acids is 1. The monoisotopic (exact) mass is 276 g/mol. The Kier molecular flexibility index (Phi) is 4.60. The van der Waals surface area contributed by atoms with E-state index in [2.05, 4.69) is 12.1 Å². The first-order valence-electron chi connectivity index (χ1n) is 6.89. The molecule has 0 bridgehead atoms. The zero-order chi connectivity index (χ0) is 13.8. The topological polar surface area (TPSA) is 44.1 Å². The van der Waals surface area contributed by atoms with Crippen LogP contribution in [0, 0.1) is 11.3 Å². The maximum Gasteiger partial charge on any atom is 0.263 e. The van der Waals surface area contributed by atoms with Gasteiger partial charge >= 0.3 is 0 Å². The molecule has 1 aromatic rings. The van der Waals surface area contributed by atoms with E-state index in [1.807, 2.05) is 6.92 Å². The smallest absolute Gasteiger partial charge is 0.263 e. The van der Waals surface area contributed by atoms with Crippen LogP contribution < -0.4 is 0 Å². The molecule has 0 saturated heterocycles. The molecule has 1 heterocycles. The van der Waals surface area contributed by atoms with Crippen molar-refractivity contribution in [3.63, 3.8) is 0 Å². The van der Waals surface area contributed by atoms with Gasteiger partial charge in [0, 0.05) is 18.0 Å². The van der Waals surface area contributed by atoms with Gasteiger partial charge in [0.2, 0.25) is 0 Å². The van der Waals surface area contributed by atoms with Crippen LogP contribution in [-0.2, 0) is 12.8 Å². The largest absolute Gasteiger partial charge is 0.337 e. The van der Waals surface area contributed by atoms with Crippen molar-refractivity contribution >= 4 is 17.2 Å². The molecular weight excluding hydrogens is 256 g/mol. The van der Waals surface area contributed by atoms with Crippen LogP contribution in [0.1, 0.15) is 52.7 Å². The normalized spacial score (nSPS) is 16.1. The highest BCUT2D eigenvalue weighted by Crippen LogP contribution is 2.29. The number of aryl methyl sites for hydroxylation is 2. The van der Waals surface area contributed by atoms with Gasteiger partial charge in [0.15, 0.2) is 0 Å². The van der Waals surface area contributed by atoms with Gasteiger partial charge in [-0.25, -0.2) is 0 Å². The van der Waals surface area contributed by atoms with Crippen LogP contribution in [0.15, 0.2) is 6.07 Å². The summed E-state index contributed by atoms with van der Waals surface area (Å²) >= 11 is 1.65. The van der Waals surface area contributed by atoms with Crippen LogP contribution in [0.4, 0.5) is 0 Å². The van der Waals surface area contributed by atoms with Gasteiger partial charge in [-0.15, -0.1) is 11.3 Å². The minimum Gasteiger partial charge on any atom is -0.337 e. The minimum absolute atomic E-state index is 0.0283. The third-order valence-electron chi connectivity index (χ3n) is 3.83. The predicted octanol–water partition coefficient (Wildman–Crippen LogP) is 3.39. The number of nitriles is 1. The first kappa shape index (κ1) is 14.1. The second-order valence-corrected chi connectivity index (χ2v) is 6.38. The van der Waals surface area contributed by atoms with Crippen LogP contribution >= 0.6 is 11.3 Å². The molecular formula is C15H20N2OS. The van der Waals surface area contributed by atoms with Crippen molar-refractivity contribution in [3.05, 3.63) is 21.4 Å². The minimum atomic E-state index is -0.0283. The summed E-state index contributed by atoms with van der Waals surface area (Å²) in [6, 6.07) is 4.17.